The smallest absolute Gasteiger partial charge is 0.309 e. The average Bonchev–Trinajstić information content (AvgIpc) is 3.71. The Morgan fingerprint density at radius 3 is 1.79 bits per heavy atom. The number of nitriles is 1. The number of hydrogen-bond donors (Lipinski definition) is 0. The van der Waals surface area contributed by atoms with Gasteiger partial charge in [0.05, 0.1) is 51.5 Å². The molecule has 2 aromatic heterocycles. The fraction of sp³-hybridized carbons (Fsp3) is 0.0638. The number of hydrogen-bond acceptors (Lipinski definition) is 1. The van der Waals surface area contributed by atoms with Gasteiger partial charge in [-0.15, -0.1) is 0 Å². The van der Waals surface area contributed by atoms with Gasteiger partial charge >= 0.3 is 12.4 Å². The van der Waals surface area contributed by atoms with Crippen molar-refractivity contribution < 1.29 is 26.3 Å². The summed E-state index contributed by atoms with van der Waals surface area (Å²) in [5.74, 6) is 0. The number of aromatic nitrogens is 2. The van der Waals surface area contributed by atoms with E-state index in [-0.39, 0.29) is 16.8 Å². The Morgan fingerprint density at radius 1 is 0.526 bits per heavy atom. The second-order valence-electron chi connectivity index (χ2n) is 13.9. The molecule has 2 heterocycles. The topological polar surface area (TPSA) is 38.0 Å². The zero-order valence-corrected chi connectivity index (χ0v) is 29.8. The van der Waals surface area contributed by atoms with E-state index in [0.29, 0.717) is 49.9 Å². The molecule has 9 rings (SSSR count). The molecule has 57 heavy (non-hydrogen) atoms. The summed E-state index contributed by atoms with van der Waals surface area (Å²) in [7, 11) is 0. The summed E-state index contributed by atoms with van der Waals surface area (Å²) in [6.45, 7) is 9.97. The number of nitrogens with zero attached hydrogens (tertiary/aromatic N) is 4. The number of halogens is 6. The third-order valence-corrected chi connectivity index (χ3v) is 10.5. The molecule has 4 nitrogen and oxygen atoms in total. The molecule has 0 amide bonds. The van der Waals surface area contributed by atoms with Gasteiger partial charge in [0, 0.05) is 38.4 Å². The van der Waals surface area contributed by atoms with E-state index >= 15 is 0 Å². The highest BCUT2D eigenvalue weighted by Crippen LogP contribution is 2.46. The van der Waals surface area contributed by atoms with Gasteiger partial charge < -0.3 is 9.13 Å². The van der Waals surface area contributed by atoms with Crippen molar-refractivity contribution in [3.05, 3.63) is 173 Å². The molecule has 0 aliphatic rings. The summed E-state index contributed by atoms with van der Waals surface area (Å²) in [5.41, 5.74) is 5.07. The Hall–Kier alpha value is -7.30. The maximum atomic E-state index is 14.0. The first-order chi connectivity index (χ1) is 27.4. The zero-order valence-electron chi connectivity index (χ0n) is 29.8. The van der Waals surface area contributed by atoms with E-state index in [4.69, 9.17) is 6.57 Å². The maximum absolute atomic E-state index is 14.0. The summed E-state index contributed by atoms with van der Waals surface area (Å²) in [4.78, 5) is 3.53. The van der Waals surface area contributed by atoms with Crippen molar-refractivity contribution >= 4 is 49.3 Å². The molecule has 0 aliphatic heterocycles. The Balaban J connectivity index is 1.40. The molecule has 7 aromatic carbocycles. The highest BCUT2D eigenvalue weighted by Gasteiger charge is 2.33. The van der Waals surface area contributed by atoms with Crippen molar-refractivity contribution in [1.29, 1.82) is 5.26 Å². The number of rotatable bonds is 4. The number of aryl methyl sites for hydroxylation is 1. The van der Waals surface area contributed by atoms with Crippen molar-refractivity contribution in [3.8, 4) is 39.7 Å². The standard InChI is InChI=1S/C47H26F6N4/c1-27-11-18-43-37(21-27)34-7-3-5-9-41(34)56(43)31-15-17-32(33-16-13-30(47(51,52)53)24-40(33)55-2)36(25-31)38-22-28(26-54)12-19-44(38)57-42-10-6-4-8-35(42)39-23-29(46(48,49)50)14-20-45(39)57/h3-25H,1H3. The van der Waals surface area contributed by atoms with Crippen LogP contribution in [-0.4, -0.2) is 9.13 Å². The lowest BCUT2D eigenvalue weighted by Gasteiger charge is -2.20. The lowest BCUT2D eigenvalue weighted by molar-refractivity contribution is -0.138. The molecule has 0 aliphatic carbocycles. The van der Waals surface area contributed by atoms with Gasteiger partial charge in [-0.25, -0.2) is 4.85 Å². The van der Waals surface area contributed by atoms with E-state index in [0.717, 1.165) is 51.6 Å². The van der Waals surface area contributed by atoms with Crippen LogP contribution in [0.25, 0.3) is 82.1 Å². The molecule has 276 valence electrons. The van der Waals surface area contributed by atoms with Gasteiger partial charge in [0.2, 0.25) is 0 Å². The van der Waals surface area contributed by atoms with Crippen LogP contribution in [0.2, 0.25) is 0 Å². The van der Waals surface area contributed by atoms with E-state index in [1.807, 2.05) is 60.0 Å². The van der Waals surface area contributed by atoms with Crippen LogP contribution in [0.1, 0.15) is 22.3 Å². The minimum Gasteiger partial charge on any atom is -0.309 e. The maximum Gasteiger partial charge on any atom is 0.416 e. The second kappa shape index (κ2) is 12.9. The van der Waals surface area contributed by atoms with Crippen LogP contribution in [0.4, 0.5) is 32.0 Å². The molecule has 0 fully saturated rings. The van der Waals surface area contributed by atoms with Crippen molar-refractivity contribution in [1.82, 2.24) is 9.13 Å². The molecule has 10 heteroatoms. The summed E-state index contributed by atoms with van der Waals surface area (Å²) in [5, 5.41) is 13.2. The van der Waals surface area contributed by atoms with E-state index in [1.54, 1.807) is 48.5 Å². The normalized spacial score (nSPS) is 12.1. The molecular formula is C47H26F6N4. The van der Waals surface area contributed by atoms with Gasteiger partial charge in [0.25, 0.3) is 0 Å². The third-order valence-electron chi connectivity index (χ3n) is 10.5. The van der Waals surface area contributed by atoms with Crippen LogP contribution in [0.5, 0.6) is 0 Å². The van der Waals surface area contributed by atoms with E-state index in [1.165, 1.54) is 12.1 Å². The molecule has 0 saturated heterocycles. The lowest BCUT2D eigenvalue weighted by Crippen LogP contribution is -2.05. The van der Waals surface area contributed by atoms with Gasteiger partial charge in [-0.3, -0.25) is 0 Å². The van der Waals surface area contributed by atoms with Crippen molar-refractivity contribution in [2.75, 3.05) is 0 Å². The lowest BCUT2D eigenvalue weighted by atomic mass is 9.90. The Morgan fingerprint density at radius 2 is 1.11 bits per heavy atom. The summed E-state index contributed by atoms with van der Waals surface area (Å²) < 4.78 is 87.7. The van der Waals surface area contributed by atoms with E-state index < -0.39 is 23.5 Å². The van der Waals surface area contributed by atoms with Crippen molar-refractivity contribution in [3.63, 3.8) is 0 Å². The average molecular weight is 761 g/mol. The molecule has 0 N–H and O–H groups in total. The van der Waals surface area contributed by atoms with E-state index in [9.17, 15) is 31.6 Å². The summed E-state index contributed by atoms with van der Waals surface area (Å²) in [6.07, 6.45) is -9.27. The number of benzene rings is 7. The van der Waals surface area contributed by atoms with Crippen LogP contribution >= 0.6 is 0 Å². The largest absolute Gasteiger partial charge is 0.416 e. The number of alkyl halides is 6. The van der Waals surface area contributed by atoms with Gasteiger partial charge in [-0.2, -0.15) is 31.6 Å². The second-order valence-corrected chi connectivity index (χ2v) is 13.9. The van der Waals surface area contributed by atoms with Crippen LogP contribution in [0.15, 0.2) is 140 Å². The van der Waals surface area contributed by atoms with Gasteiger partial charge in [-0.1, -0.05) is 66.2 Å². The summed E-state index contributed by atoms with van der Waals surface area (Å²) in [6, 6.07) is 40.5. The zero-order chi connectivity index (χ0) is 39.8. The molecule has 0 atom stereocenters. The SMILES string of the molecule is [C-]#[N+]c1cc(C(F)(F)F)ccc1-c1ccc(-n2c3ccccc3c3cc(C)ccc32)cc1-c1cc(C#N)ccc1-n1c2ccccc2c2cc(C(F)(F)F)ccc21. The molecule has 9 aromatic rings. The van der Waals surface area contributed by atoms with Crippen LogP contribution < -0.4 is 0 Å². The Labute approximate surface area is 321 Å². The highest BCUT2D eigenvalue weighted by atomic mass is 19.4. The first-order valence-electron chi connectivity index (χ1n) is 17.7. The molecule has 0 saturated carbocycles. The fourth-order valence-electron chi connectivity index (χ4n) is 7.95. The Kier molecular flexibility index (Phi) is 8.01. The van der Waals surface area contributed by atoms with Gasteiger partial charge in [0.1, 0.15) is 0 Å². The van der Waals surface area contributed by atoms with Crippen molar-refractivity contribution in [2.24, 2.45) is 0 Å². The van der Waals surface area contributed by atoms with Crippen LogP contribution in [0.3, 0.4) is 0 Å². The van der Waals surface area contributed by atoms with Gasteiger partial charge in [-0.05, 0) is 102 Å². The molecule has 0 bridgehead atoms. The first kappa shape index (κ1) is 35.4. The molecule has 0 radical (unpaired) electrons. The number of para-hydroxylation sites is 2. The van der Waals surface area contributed by atoms with Crippen LogP contribution in [0, 0.1) is 24.8 Å². The minimum atomic E-state index is -4.68. The quantitative estimate of drug-likeness (QED) is 0.130. The predicted molar refractivity (Wildman–Crippen MR) is 212 cm³/mol. The molecular weight excluding hydrogens is 735 g/mol. The highest BCUT2D eigenvalue weighted by molar-refractivity contribution is 6.11. The van der Waals surface area contributed by atoms with E-state index in [2.05, 4.69) is 21.5 Å². The predicted octanol–water partition coefficient (Wildman–Crippen LogP) is 14.0. The van der Waals surface area contributed by atoms with Crippen molar-refractivity contribution in [2.45, 2.75) is 19.3 Å². The van der Waals surface area contributed by atoms with Crippen LogP contribution in [-0.2, 0) is 12.4 Å². The Bertz CT molecular complexity index is 3200. The summed E-state index contributed by atoms with van der Waals surface area (Å²) >= 11 is 0. The molecule has 0 spiro atoms. The fourth-order valence-corrected chi connectivity index (χ4v) is 7.95. The minimum absolute atomic E-state index is 0.222. The third kappa shape index (κ3) is 5.77. The first-order valence-corrected chi connectivity index (χ1v) is 17.7. The van der Waals surface area contributed by atoms with Gasteiger partial charge in [0.15, 0.2) is 5.69 Å². The molecule has 0 unspecified atom stereocenters. The monoisotopic (exact) mass is 760 g/mol. The number of fused-ring (bicyclic) bond motifs is 6.